The lowest BCUT2D eigenvalue weighted by molar-refractivity contribution is 0.422. The van der Waals surface area contributed by atoms with Crippen LogP contribution in [0.4, 0.5) is 11.8 Å². The van der Waals surface area contributed by atoms with Gasteiger partial charge in [-0.25, -0.2) is 9.50 Å². The van der Waals surface area contributed by atoms with E-state index in [-0.39, 0.29) is 17.5 Å². The summed E-state index contributed by atoms with van der Waals surface area (Å²) in [5.41, 5.74) is 8.79. The van der Waals surface area contributed by atoms with Crippen LogP contribution in [0.5, 0.6) is 0 Å². The molecule has 9 nitrogen and oxygen atoms in total. The Labute approximate surface area is 178 Å². The molecule has 31 heavy (non-hydrogen) atoms. The van der Waals surface area contributed by atoms with E-state index in [1.165, 1.54) is 0 Å². The lowest BCUT2D eigenvalue weighted by Crippen LogP contribution is -2.45. The van der Waals surface area contributed by atoms with Gasteiger partial charge < -0.3 is 10.6 Å². The molecular formula is C22H20N8O. The number of hydrogen-bond acceptors (Lipinski definition) is 7. The van der Waals surface area contributed by atoms with Crippen LogP contribution in [-0.4, -0.2) is 30.7 Å². The maximum Gasteiger partial charge on any atom is 0.282 e. The van der Waals surface area contributed by atoms with Crippen LogP contribution in [0.25, 0.3) is 11.2 Å². The maximum absolute atomic E-state index is 13.5. The van der Waals surface area contributed by atoms with E-state index in [9.17, 15) is 10.1 Å². The third-order valence-electron chi connectivity index (χ3n) is 5.72. The summed E-state index contributed by atoms with van der Waals surface area (Å²) in [6, 6.07) is 13.3. The van der Waals surface area contributed by atoms with Gasteiger partial charge in [0.25, 0.3) is 5.56 Å². The number of hydrogen-bond donors (Lipinski definition) is 1. The number of fused-ring (bicyclic) bond motifs is 1. The number of nitrogen functional groups attached to an aromatic ring is 1. The van der Waals surface area contributed by atoms with Crippen molar-refractivity contribution in [3.8, 4) is 11.8 Å². The van der Waals surface area contributed by atoms with Gasteiger partial charge in [-0.2, -0.15) is 15.3 Å². The molecule has 1 fully saturated rings. The van der Waals surface area contributed by atoms with Crippen molar-refractivity contribution in [2.45, 2.75) is 26.3 Å². The number of rotatable bonds is 3. The van der Waals surface area contributed by atoms with Crippen molar-refractivity contribution in [2.75, 3.05) is 17.2 Å². The van der Waals surface area contributed by atoms with E-state index in [4.69, 9.17) is 10.8 Å². The Morgan fingerprint density at radius 2 is 1.94 bits per heavy atom. The number of benzene rings is 1. The molecule has 2 N–H and O–H groups in total. The van der Waals surface area contributed by atoms with Crippen molar-refractivity contribution >= 4 is 17.3 Å². The molecule has 0 unspecified atom stereocenters. The molecule has 4 heterocycles. The van der Waals surface area contributed by atoms with E-state index >= 15 is 0 Å². The first-order chi connectivity index (χ1) is 15.0. The molecule has 1 atom stereocenters. The zero-order valence-electron chi connectivity index (χ0n) is 17.1. The van der Waals surface area contributed by atoms with Gasteiger partial charge in [-0.05, 0) is 44.0 Å². The maximum atomic E-state index is 13.5. The SMILES string of the molecule is Cc1nc(N)nc(N2CC[C@H]2c2nn3ccc(C)c3c(=O)n2-c2ccccc2)c1C#N. The van der Waals surface area contributed by atoms with Crippen molar-refractivity contribution in [2.24, 2.45) is 0 Å². The molecule has 3 aromatic heterocycles. The fourth-order valence-corrected chi connectivity index (χ4v) is 4.10. The smallest absolute Gasteiger partial charge is 0.282 e. The van der Waals surface area contributed by atoms with Crippen LogP contribution in [0.1, 0.15) is 35.1 Å². The van der Waals surface area contributed by atoms with Crippen molar-refractivity contribution in [3.63, 3.8) is 0 Å². The van der Waals surface area contributed by atoms with Gasteiger partial charge in [0.05, 0.1) is 17.4 Å². The number of nitrogens with two attached hydrogens (primary N) is 1. The fourth-order valence-electron chi connectivity index (χ4n) is 4.10. The van der Waals surface area contributed by atoms with Crippen molar-refractivity contribution in [1.82, 2.24) is 24.1 Å². The number of aromatic nitrogens is 5. The molecule has 0 amide bonds. The summed E-state index contributed by atoms with van der Waals surface area (Å²) in [7, 11) is 0. The van der Waals surface area contributed by atoms with Crippen LogP contribution < -0.4 is 16.2 Å². The van der Waals surface area contributed by atoms with Gasteiger partial charge in [0, 0.05) is 12.7 Å². The topological polar surface area (TPSA) is 118 Å². The fraction of sp³-hybridized carbons (Fsp3) is 0.227. The predicted octanol–water partition coefficient (Wildman–Crippen LogP) is 2.30. The number of aryl methyl sites for hydroxylation is 2. The predicted molar refractivity (Wildman–Crippen MR) is 116 cm³/mol. The Bertz CT molecular complexity index is 1410. The molecule has 4 aromatic rings. The third-order valence-corrected chi connectivity index (χ3v) is 5.72. The lowest BCUT2D eigenvalue weighted by Gasteiger charge is -2.42. The number of nitrogens with zero attached hydrogens (tertiary/aromatic N) is 7. The molecule has 9 heteroatoms. The number of anilines is 2. The lowest BCUT2D eigenvalue weighted by atomic mass is 10.0. The molecule has 0 spiro atoms. The molecule has 154 valence electrons. The second-order valence-corrected chi connectivity index (χ2v) is 7.60. The number of nitriles is 1. The first-order valence-corrected chi connectivity index (χ1v) is 9.96. The third kappa shape index (κ3) is 2.84. The van der Waals surface area contributed by atoms with Gasteiger partial charge in [0.2, 0.25) is 5.95 Å². The van der Waals surface area contributed by atoms with Crippen LogP contribution in [0.2, 0.25) is 0 Å². The van der Waals surface area contributed by atoms with Crippen LogP contribution in [-0.2, 0) is 0 Å². The summed E-state index contributed by atoms with van der Waals surface area (Å²) in [6.45, 7) is 4.30. The Balaban J connectivity index is 1.73. The molecule has 1 aliphatic heterocycles. The molecule has 1 saturated heterocycles. The Hall–Kier alpha value is -4.19. The molecule has 0 aliphatic carbocycles. The van der Waals surface area contributed by atoms with E-state index in [1.807, 2.05) is 48.2 Å². The first-order valence-electron chi connectivity index (χ1n) is 9.96. The van der Waals surface area contributed by atoms with Crippen LogP contribution in [0.15, 0.2) is 47.4 Å². The Morgan fingerprint density at radius 3 is 2.61 bits per heavy atom. The highest BCUT2D eigenvalue weighted by Gasteiger charge is 2.37. The zero-order valence-corrected chi connectivity index (χ0v) is 17.1. The summed E-state index contributed by atoms with van der Waals surface area (Å²) in [4.78, 5) is 24.0. The van der Waals surface area contributed by atoms with Crippen molar-refractivity contribution in [3.05, 3.63) is 75.6 Å². The summed E-state index contributed by atoms with van der Waals surface area (Å²) in [6.07, 6.45) is 2.56. The quantitative estimate of drug-likeness (QED) is 0.548. The molecule has 1 aromatic carbocycles. The highest BCUT2D eigenvalue weighted by atomic mass is 16.1. The molecule has 1 aliphatic rings. The van der Waals surface area contributed by atoms with E-state index < -0.39 is 0 Å². The highest BCUT2D eigenvalue weighted by Crippen LogP contribution is 2.38. The highest BCUT2D eigenvalue weighted by molar-refractivity contribution is 5.61. The minimum absolute atomic E-state index is 0.113. The van der Waals surface area contributed by atoms with Gasteiger partial charge >= 0.3 is 0 Å². The van der Waals surface area contributed by atoms with Gasteiger partial charge in [-0.3, -0.25) is 9.36 Å². The van der Waals surface area contributed by atoms with E-state index in [0.717, 1.165) is 17.7 Å². The minimum atomic E-state index is -0.235. The summed E-state index contributed by atoms with van der Waals surface area (Å²) >= 11 is 0. The first kappa shape index (κ1) is 18.8. The summed E-state index contributed by atoms with van der Waals surface area (Å²) < 4.78 is 3.29. The van der Waals surface area contributed by atoms with E-state index in [1.54, 1.807) is 22.2 Å². The average molecular weight is 412 g/mol. The van der Waals surface area contributed by atoms with Gasteiger partial charge in [0.1, 0.15) is 17.1 Å². The minimum Gasteiger partial charge on any atom is -0.368 e. The monoisotopic (exact) mass is 412 g/mol. The largest absolute Gasteiger partial charge is 0.368 e. The summed E-state index contributed by atoms with van der Waals surface area (Å²) in [5.74, 6) is 1.17. The van der Waals surface area contributed by atoms with Crippen LogP contribution in [0, 0.1) is 25.2 Å². The molecule has 0 bridgehead atoms. The standard InChI is InChI=1S/C22H20N8O/c1-13-8-11-29-18(13)21(31)30(15-6-4-3-5-7-15)20(27-29)17-9-10-28(17)19-16(12-23)14(2)25-22(24)26-19/h3-8,11,17H,9-10H2,1-2H3,(H2,24,25,26)/t17-/m0/s1. The molecular weight excluding hydrogens is 392 g/mol. The van der Waals surface area contributed by atoms with Gasteiger partial charge in [0.15, 0.2) is 11.6 Å². The second-order valence-electron chi connectivity index (χ2n) is 7.60. The number of para-hydroxylation sites is 1. The molecule has 0 saturated carbocycles. The zero-order chi connectivity index (χ0) is 21.7. The molecule has 0 radical (unpaired) electrons. The second kappa shape index (κ2) is 6.95. The van der Waals surface area contributed by atoms with Crippen LogP contribution in [0.3, 0.4) is 0 Å². The summed E-state index contributed by atoms with van der Waals surface area (Å²) in [5, 5.41) is 14.5. The van der Waals surface area contributed by atoms with E-state index in [0.29, 0.717) is 35.0 Å². The average Bonchev–Trinajstić information content (AvgIpc) is 3.09. The van der Waals surface area contributed by atoms with Crippen molar-refractivity contribution < 1.29 is 0 Å². The normalized spacial score (nSPS) is 15.6. The van der Waals surface area contributed by atoms with Gasteiger partial charge in [-0.15, -0.1) is 0 Å². The Morgan fingerprint density at radius 1 is 1.16 bits per heavy atom. The van der Waals surface area contributed by atoms with Gasteiger partial charge in [-0.1, -0.05) is 18.2 Å². The Kier molecular flexibility index (Phi) is 4.22. The van der Waals surface area contributed by atoms with Crippen molar-refractivity contribution in [1.29, 1.82) is 5.26 Å². The molecule has 5 rings (SSSR count). The van der Waals surface area contributed by atoms with E-state index in [2.05, 4.69) is 16.0 Å². The van der Waals surface area contributed by atoms with Crippen LogP contribution >= 0.6 is 0 Å².